The van der Waals surface area contributed by atoms with Crippen LogP contribution in [-0.4, -0.2) is 41.4 Å². The molecule has 0 saturated carbocycles. The number of rotatable bonds is 4. The summed E-state index contributed by atoms with van der Waals surface area (Å²) in [6, 6.07) is 5.71. The van der Waals surface area contributed by atoms with E-state index in [0.717, 1.165) is 42.9 Å². The Kier molecular flexibility index (Phi) is 6.01. The second-order valence-corrected chi connectivity index (χ2v) is 7.03. The molecule has 0 aliphatic carbocycles. The van der Waals surface area contributed by atoms with Gasteiger partial charge in [0.2, 0.25) is 0 Å². The average Bonchev–Trinajstić information content (AvgIpc) is 2.66. The average molecular weight is 367 g/mol. The largest absolute Gasteiger partial charge is 0.355 e. The summed E-state index contributed by atoms with van der Waals surface area (Å²) in [7, 11) is 0. The van der Waals surface area contributed by atoms with E-state index < -0.39 is 11.8 Å². The summed E-state index contributed by atoms with van der Waals surface area (Å²) in [4.78, 5) is 34.8. The van der Waals surface area contributed by atoms with Crippen LogP contribution in [0.1, 0.15) is 24.0 Å². The monoisotopic (exact) mass is 367 g/mol. The molecule has 1 aromatic carbocycles. The lowest BCUT2D eigenvalue weighted by atomic mass is 9.97. The van der Waals surface area contributed by atoms with Crippen LogP contribution < -0.4 is 15.5 Å². The molecule has 7 nitrogen and oxygen atoms in total. The number of benzene rings is 1. The van der Waals surface area contributed by atoms with Gasteiger partial charge in [0.25, 0.3) is 0 Å². The first-order valence-electron chi connectivity index (χ1n) is 9.19. The Morgan fingerprint density at radius 1 is 1.07 bits per heavy atom. The van der Waals surface area contributed by atoms with Gasteiger partial charge in [-0.05, 0) is 55.9 Å². The smallest absolute Gasteiger partial charge is 0.313 e. The SMILES string of the molecule is Cc1cc(C)cc(NC(=O)C(=O)NCC2CCN(c3cnccn3)CC2)c1. The second-order valence-electron chi connectivity index (χ2n) is 7.03. The number of amides is 2. The Bertz CT molecular complexity index is 781. The van der Waals surface area contributed by atoms with Crippen LogP contribution in [0.25, 0.3) is 0 Å². The summed E-state index contributed by atoms with van der Waals surface area (Å²) in [6.07, 6.45) is 7.00. The fourth-order valence-corrected chi connectivity index (χ4v) is 3.37. The number of anilines is 2. The lowest BCUT2D eigenvalue weighted by molar-refractivity contribution is -0.136. The standard InChI is InChI=1S/C20H25N5O2/c1-14-9-15(2)11-17(10-14)24-20(27)19(26)23-12-16-3-7-25(8-4-16)18-13-21-5-6-22-18/h5-6,9-11,13,16H,3-4,7-8,12H2,1-2H3,(H,23,26)(H,24,27). The van der Waals surface area contributed by atoms with Crippen LogP contribution in [0.5, 0.6) is 0 Å². The predicted octanol–water partition coefficient (Wildman–Crippen LogP) is 2.06. The maximum Gasteiger partial charge on any atom is 0.313 e. The minimum absolute atomic E-state index is 0.357. The summed E-state index contributed by atoms with van der Waals surface area (Å²) in [5.41, 5.74) is 2.73. The number of piperidine rings is 1. The minimum atomic E-state index is -0.628. The Morgan fingerprint density at radius 2 is 1.78 bits per heavy atom. The van der Waals surface area contributed by atoms with Crippen molar-refractivity contribution >= 4 is 23.3 Å². The number of hydrogen-bond donors (Lipinski definition) is 2. The van der Waals surface area contributed by atoms with Crippen molar-refractivity contribution in [2.24, 2.45) is 5.92 Å². The second kappa shape index (κ2) is 8.62. The molecule has 0 atom stereocenters. The van der Waals surface area contributed by atoms with Crippen LogP contribution in [-0.2, 0) is 9.59 Å². The number of hydrogen-bond acceptors (Lipinski definition) is 5. The number of aromatic nitrogens is 2. The molecular weight excluding hydrogens is 342 g/mol. The molecule has 0 spiro atoms. The van der Waals surface area contributed by atoms with E-state index in [1.54, 1.807) is 18.6 Å². The van der Waals surface area contributed by atoms with Crippen molar-refractivity contribution in [2.45, 2.75) is 26.7 Å². The highest BCUT2D eigenvalue weighted by molar-refractivity contribution is 6.39. The van der Waals surface area contributed by atoms with Crippen LogP contribution >= 0.6 is 0 Å². The van der Waals surface area contributed by atoms with E-state index in [1.165, 1.54) is 0 Å². The van der Waals surface area contributed by atoms with Crippen molar-refractivity contribution in [1.82, 2.24) is 15.3 Å². The summed E-state index contributed by atoms with van der Waals surface area (Å²) in [5.74, 6) is 0.0196. The van der Waals surface area contributed by atoms with Gasteiger partial charge in [0, 0.05) is 37.7 Å². The maximum atomic E-state index is 12.1. The van der Waals surface area contributed by atoms with Gasteiger partial charge in [0.05, 0.1) is 6.20 Å². The highest BCUT2D eigenvalue weighted by Crippen LogP contribution is 2.20. The van der Waals surface area contributed by atoms with E-state index in [0.29, 0.717) is 18.2 Å². The minimum Gasteiger partial charge on any atom is -0.355 e. The quantitative estimate of drug-likeness (QED) is 0.808. The summed E-state index contributed by atoms with van der Waals surface area (Å²) >= 11 is 0. The molecule has 1 fully saturated rings. The highest BCUT2D eigenvalue weighted by atomic mass is 16.2. The van der Waals surface area contributed by atoms with Gasteiger partial charge in [0.15, 0.2) is 0 Å². The number of carbonyl (C=O) groups is 2. The van der Waals surface area contributed by atoms with E-state index >= 15 is 0 Å². The van der Waals surface area contributed by atoms with E-state index in [9.17, 15) is 9.59 Å². The van der Waals surface area contributed by atoms with Crippen molar-refractivity contribution in [3.05, 3.63) is 47.9 Å². The predicted molar refractivity (Wildman–Crippen MR) is 105 cm³/mol. The molecule has 2 amide bonds. The van der Waals surface area contributed by atoms with Crippen molar-refractivity contribution in [1.29, 1.82) is 0 Å². The van der Waals surface area contributed by atoms with Crippen LogP contribution in [0.15, 0.2) is 36.8 Å². The van der Waals surface area contributed by atoms with E-state index in [2.05, 4.69) is 25.5 Å². The third-order valence-corrected chi connectivity index (χ3v) is 4.73. The molecule has 1 aliphatic heterocycles. The molecule has 2 N–H and O–H groups in total. The van der Waals surface area contributed by atoms with Crippen molar-refractivity contribution < 1.29 is 9.59 Å². The van der Waals surface area contributed by atoms with Gasteiger partial charge >= 0.3 is 11.8 Å². The fraction of sp³-hybridized carbons (Fsp3) is 0.400. The fourth-order valence-electron chi connectivity index (χ4n) is 3.37. The van der Waals surface area contributed by atoms with Gasteiger partial charge in [-0.15, -0.1) is 0 Å². The van der Waals surface area contributed by atoms with Gasteiger partial charge < -0.3 is 15.5 Å². The molecule has 0 unspecified atom stereocenters. The molecule has 7 heteroatoms. The summed E-state index contributed by atoms with van der Waals surface area (Å²) < 4.78 is 0. The molecule has 1 saturated heterocycles. The van der Waals surface area contributed by atoms with Crippen molar-refractivity contribution in [2.75, 3.05) is 29.9 Å². The number of nitrogens with one attached hydrogen (secondary N) is 2. The highest BCUT2D eigenvalue weighted by Gasteiger charge is 2.22. The van der Waals surface area contributed by atoms with E-state index in [4.69, 9.17) is 0 Å². The van der Waals surface area contributed by atoms with Gasteiger partial charge in [-0.25, -0.2) is 4.98 Å². The summed E-state index contributed by atoms with van der Waals surface area (Å²) in [6.45, 7) is 6.15. The van der Waals surface area contributed by atoms with Crippen LogP contribution in [0.2, 0.25) is 0 Å². The van der Waals surface area contributed by atoms with Gasteiger partial charge in [-0.1, -0.05) is 6.07 Å². The van der Waals surface area contributed by atoms with Gasteiger partial charge in [-0.2, -0.15) is 0 Å². The first-order chi connectivity index (χ1) is 13.0. The topological polar surface area (TPSA) is 87.2 Å². The molecule has 142 valence electrons. The molecule has 0 bridgehead atoms. The summed E-state index contributed by atoms with van der Waals surface area (Å²) in [5, 5.41) is 5.42. The van der Waals surface area contributed by atoms with Crippen LogP contribution in [0.3, 0.4) is 0 Å². The molecule has 1 aromatic heterocycles. The van der Waals surface area contributed by atoms with E-state index in [1.807, 2.05) is 32.0 Å². The van der Waals surface area contributed by atoms with Gasteiger partial charge in [0.1, 0.15) is 5.82 Å². The Balaban J connectivity index is 1.43. The van der Waals surface area contributed by atoms with Crippen LogP contribution in [0, 0.1) is 19.8 Å². The Hall–Kier alpha value is -2.96. The third-order valence-electron chi connectivity index (χ3n) is 4.73. The lowest BCUT2D eigenvalue weighted by Gasteiger charge is -2.32. The molecule has 3 rings (SSSR count). The zero-order chi connectivity index (χ0) is 19.2. The molecule has 1 aliphatic rings. The van der Waals surface area contributed by atoms with E-state index in [-0.39, 0.29) is 0 Å². The maximum absolute atomic E-state index is 12.1. The lowest BCUT2D eigenvalue weighted by Crippen LogP contribution is -2.42. The number of carbonyl (C=O) groups excluding carboxylic acids is 2. The molecular formula is C20H25N5O2. The Morgan fingerprint density at radius 3 is 2.41 bits per heavy atom. The van der Waals surface area contributed by atoms with Crippen LogP contribution in [0.4, 0.5) is 11.5 Å². The van der Waals surface area contributed by atoms with Gasteiger partial charge in [-0.3, -0.25) is 14.6 Å². The van der Waals surface area contributed by atoms with Crippen molar-refractivity contribution in [3.63, 3.8) is 0 Å². The Labute approximate surface area is 159 Å². The third kappa shape index (κ3) is 5.26. The zero-order valence-electron chi connectivity index (χ0n) is 15.7. The normalized spacial score (nSPS) is 14.7. The number of aryl methyl sites for hydroxylation is 2. The zero-order valence-corrected chi connectivity index (χ0v) is 15.7. The number of nitrogens with zero attached hydrogens (tertiary/aromatic N) is 3. The molecule has 2 heterocycles. The first-order valence-corrected chi connectivity index (χ1v) is 9.19. The first kappa shape index (κ1) is 18.8. The van der Waals surface area contributed by atoms with Crippen molar-refractivity contribution in [3.8, 4) is 0 Å². The molecule has 27 heavy (non-hydrogen) atoms. The molecule has 2 aromatic rings. The molecule has 0 radical (unpaired) electrons.